The number of benzene rings is 2. The minimum atomic E-state index is 0.0735. The molecule has 0 saturated carbocycles. The van der Waals surface area contributed by atoms with Crippen LogP contribution in [0.4, 0.5) is 5.69 Å². The van der Waals surface area contributed by atoms with Crippen LogP contribution in [0.3, 0.4) is 0 Å². The second-order valence-electron chi connectivity index (χ2n) is 4.41. The molecule has 1 atom stereocenters. The Labute approximate surface area is 128 Å². The van der Waals surface area contributed by atoms with Gasteiger partial charge in [-0.1, -0.05) is 46.3 Å². The molecule has 0 fully saturated rings. The van der Waals surface area contributed by atoms with E-state index >= 15 is 0 Å². The van der Waals surface area contributed by atoms with Crippen LogP contribution >= 0.6 is 15.9 Å². The average molecular weight is 336 g/mol. The molecule has 3 nitrogen and oxygen atoms in total. The van der Waals surface area contributed by atoms with Crippen molar-refractivity contribution in [2.24, 2.45) is 0 Å². The predicted molar refractivity (Wildman–Crippen MR) is 85.4 cm³/mol. The largest absolute Gasteiger partial charge is 0.495 e. The van der Waals surface area contributed by atoms with E-state index in [4.69, 9.17) is 9.47 Å². The van der Waals surface area contributed by atoms with Crippen molar-refractivity contribution in [3.05, 3.63) is 58.6 Å². The van der Waals surface area contributed by atoms with Gasteiger partial charge in [-0.15, -0.1) is 0 Å². The van der Waals surface area contributed by atoms with Crippen molar-refractivity contribution >= 4 is 21.6 Å². The van der Waals surface area contributed by atoms with E-state index in [9.17, 15) is 0 Å². The number of rotatable bonds is 6. The number of nitrogens with one attached hydrogen (secondary N) is 1. The van der Waals surface area contributed by atoms with E-state index in [1.165, 1.54) is 5.56 Å². The van der Waals surface area contributed by atoms with Gasteiger partial charge in [0.05, 0.1) is 25.4 Å². The van der Waals surface area contributed by atoms with Gasteiger partial charge in [0.2, 0.25) is 0 Å². The fourth-order valence-corrected chi connectivity index (χ4v) is 2.42. The lowest BCUT2D eigenvalue weighted by atomic mass is 10.1. The van der Waals surface area contributed by atoms with E-state index in [2.05, 4.69) is 33.4 Å². The highest BCUT2D eigenvalue weighted by Crippen LogP contribution is 2.31. The van der Waals surface area contributed by atoms with Gasteiger partial charge in [-0.3, -0.25) is 0 Å². The lowest BCUT2D eigenvalue weighted by molar-refractivity contribution is 0.186. The van der Waals surface area contributed by atoms with Crippen molar-refractivity contribution < 1.29 is 9.47 Å². The number of anilines is 1. The van der Waals surface area contributed by atoms with E-state index in [0.717, 1.165) is 15.9 Å². The molecule has 0 aliphatic carbocycles. The van der Waals surface area contributed by atoms with Crippen LogP contribution in [0.25, 0.3) is 0 Å². The Morgan fingerprint density at radius 2 is 1.85 bits per heavy atom. The standard InChI is InChI=1S/C16H18BrNO2/c1-19-11-15(12-6-4-3-5-7-12)18-14-10-13(17)8-9-16(14)20-2/h3-10,15,18H,11H2,1-2H3. The summed E-state index contributed by atoms with van der Waals surface area (Å²) in [5.41, 5.74) is 2.11. The lowest BCUT2D eigenvalue weighted by Crippen LogP contribution is -2.16. The van der Waals surface area contributed by atoms with Crippen LogP contribution in [0.15, 0.2) is 53.0 Å². The van der Waals surface area contributed by atoms with E-state index in [1.807, 2.05) is 36.4 Å². The van der Waals surface area contributed by atoms with Crippen LogP contribution in [-0.4, -0.2) is 20.8 Å². The van der Waals surface area contributed by atoms with Gasteiger partial charge in [0.15, 0.2) is 0 Å². The van der Waals surface area contributed by atoms with E-state index in [1.54, 1.807) is 14.2 Å². The number of ether oxygens (including phenoxy) is 2. The molecule has 4 heteroatoms. The average Bonchev–Trinajstić information content (AvgIpc) is 2.48. The van der Waals surface area contributed by atoms with Crippen LogP contribution in [-0.2, 0) is 4.74 Å². The molecular weight excluding hydrogens is 318 g/mol. The van der Waals surface area contributed by atoms with Crippen LogP contribution in [0, 0.1) is 0 Å². The summed E-state index contributed by atoms with van der Waals surface area (Å²) in [6, 6.07) is 16.2. The van der Waals surface area contributed by atoms with Gasteiger partial charge < -0.3 is 14.8 Å². The maximum absolute atomic E-state index is 5.39. The second-order valence-corrected chi connectivity index (χ2v) is 5.32. The molecule has 1 N–H and O–H groups in total. The highest BCUT2D eigenvalue weighted by Gasteiger charge is 2.13. The normalized spacial score (nSPS) is 11.9. The Hall–Kier alpha value is -1.52. The molecule has 0 aliphatic heterocycles. The maximum atomic E-state index is 5.39. The number of methoxy groups -OCH3 is 2. The smallest absolute Gasteiger partial charge is 0.142 e. The molecule has 2 aromatic rings. The number of hydrogen-bond donors (Lipinski definition) is 1. The summed E-state index contributed by atoms with van der Waals surface area (Å²) >= 11 is 3.48. The van der Waals surface area contributed by atoms with Crippen molar-refractivity contribution in [2.75, 3.05) is 26.1 Å². The van der Waals surface area contributed by atoms with Gasteiger partial charge >= 0.3 is 0 Å². The zero-order valence-electron chi connectivity index (χ0n) is 11.6. The van der Waals surface area contributed by atoms with Crippen LogP contribution < -0.4 is 10.1 Å². The minimum Gasteiger partial charge on any atom is -0.495 e. The van der Waals surface area contributed by atoms with Crippen molar-refractivity contribution in [3.8, 4) is 5.75 Å². The Morgan fingerprint density at radius 1 is 1.10 bits per heavy atom. The molecule has 0 radical (unpaired) electrons. The first-order chi connectivity index (χ1) is 9.74. The molecule has 0 amide bonds. The zero-order valence-corrected chi connectivity index (χ0v) is 13.2. The summed E-state index contributed by atoms with van der Waals surface area (Å²) in [6.07, 6.45) is 0. The zero-order chi connectivity index (χ0) is 14.4. The highest BCUT2D eigenvalue weighted by atomic mass is 79.9. The van der Waals surface area contributed by atoms with Crippen molar-refractivity contribution in [2.45, 2.75) is 6.04 Å². The molecule has 106 valence electrons. The Bertz CT molecular complexity index is 545. The van der Waals surface area contributed by atoms with E-state index in [-0.39, 0.29) is 6.04 Å². The Morgan fingerprint density at radius 3 is 2.50 bits per heavy atom. The Kier molecular flexibility index (Phi) is 5.44. The first-order valence-corrected chi connectivity index (χ1v) is 7.18. The molecule has 20 heavy (non-hydrogen) atoms. The molecule has 0 heterocycles. The number of hydrogen-bond acceptors (Lipinski definition) is 3. The summed E-state index contributed by atoms with van der Waals surface area (Å²) in [4.78, 5) is 0. The van der Waals surface area contributed by atoms with Gasteiger partial charge in [0.1, 0.15) is 5.75 Å². The Balaban J connectivity index is 2.26. The first-order valence-electron chi connectivity index (χ1n) is 6.38. The minimum absolute atomic E-state index is 0.0735. The highest BCUT2D eigenvalue weighted by molar-refractivity contribution is 9.10. The summed E-state index contributed by atoms with van der Waals surface area (Å²) in [7, 11) is 3.37. The van der Waals surface area contributed by atoms with Crippen LogP contribution in [0.1, 0.15) is 11.6 Å². The second kappa shape index (κ2) is 7.31. The SMILES string of the molecule is COCC(Nc1cc(Br)ccc1OC)c1ccccc1. The summed E-state index contributed by atoms with van der Waals surface area (Å²) in [6.45, 7) is 0.583. The molecule has 0 bridgehead atoms. The third-order valence-electron chi connectivity index (χ3n) is 3.03. The first kappa shape index (κ1) is 14.9. The third-order valence-corrected chi connectivity index (χ3v) is 3.52. The fraction of sp³-hybridized carbons (Fsp3) is 0.250. The molecule has 0 spiro atoms. The lowest BCUT2D eigenvalue weighted by Gasteiger charge is -2.21. The van der Waals surface area contributed by atoms with Gasteiger partial charge in [-0.2, -0.15) is 0 Å². The molecule has 1 unspecified atom stereocenters. The summed E-state index contributed by atoms with van der Waals surface area (Å²) in [5, 5.41) is 3.48. The molecule has 0 saturated heterocycles. The van der Waals surface area contributed by atoms with E-state index < -0.39 is 0 Å². The van der Waals surface area contributed by atoms with Crippen molar-refractivity contribution in [3.63, 3.8) is 0 Å². The molecule has 0 aliphatic rings. The van der Waals surface area contributed by atoms with Crippen LogP contribution in [0.5, 0.6) is 5.75 Å². The van der Waals surface area contributed by atoms with E-state index in [0.29, 0.717) is 6.61 Å². The van der Waals surface area contributed by atoms with Crippen LogP contribution in [0.2, 0.25) is 0 Å². The van der Waals surface area contributed by atoms with Gasteiger partial charge in [-0.25, -0.2) is 0 Å². The monoisotopic (exact) mass is 335 g/mol. The van der Waals surface area contributed by atoms with Gasteiger partial charge in [0, 0.05) is 11.6 Å². The van der Waals surface area contributed by atoms with Crippen molar-refractivity contribution in [1.82, 2.24) is 0 Å². The molecule has 2 rings (SSSR count). The third kappa shape index (κ3) is 3.74. The summed E-state index contributed by atoms with van der Waals surface area (Å²) in [5.74, 6) is 0.810. The molecule has 2 aromatic carbocycles. The molecular formula is C16H18BrNO2. The molecule has 0 aromatic heterocycles. The van der Waals surface area contributed by atoms with Crippen molar-refractivity contribution in [1.29, 1.82) is 0 Å². The maximum Gasteiger partial charge on any atom is 0.142 e. The topological polar surface area (TPSA) is 30.5 Å². The summed E-state index contributed by atoms with van der Waals surface area (Å²) < 4.78 is 11.7. The quantitative estimate of drug-likeness (QED) is 0.855. The van der Waals surface area contributed by atoms with Gasteiger partial charge in [0.25, 0.3) is 0 Å². The fourth-order valence-electron chi connectivity index (χ4n) is 2.05. The predicted octanol–water partition coefficient (Wildman–Crippen LogP) is 4.26. The van der Waals surface area contributed by atoms with Gasteiger partial charge in [-0.05, 0) is 23.8 Å². The number of halogens is 1.